The van der Waals surface area contributed by atoms with Crippen LogP contribution < -0.4 is 0 Å². The number of carbonyl (C=O) groups is 1. The normalized spacial score (nSPS) is 24.0. The standard InChI is InChI=1S/C31H35FO6/c1-22-28(35-18-24-12-6-3-7-13-24)30(36-19-25-14-8-4-9-15-25)31(37-20-26-16-10-5-11-17-26)29(38-22)27(32)21-34-23(2)33/h3-17,22,27-31H,18-21H2,1-2H3/t22?,27-,28?,29?,30?,31?/m0/s1. The summed E-state index contributed by atoms with van der Waals surface area (Å²) >= 11 is 0. The molecule has 38 heavy (non-hydrogen) atoms. The lowest BCUT2D eigenvalue weighted by molar-refractivity contribution is -0.273. The van der Waals surface area contributed by atoms with Crippen molar-refractivity contribution in [3.63, 3.8) is 0 Å². The Balaban J connectivity index is 1.59. The Morgan fingerprint density at radius 2 is 1.16 bits per heavy atom. The molecule has 5 unspecified atom stereocenters. The monoisotopic (exact) mass is 522 g/mol. The lowest BCUT2D eigenvalue weighted by Crippen LogP contribution is -2.62. The van der Waals surface area contributed by atoms with E-state index in [4.69, 9.17) is 23.7 Å². The summed E-state index contributed by atoms with van der Waals surface area (Å²) in [6.45, 7) is 3.53. The van der Waals surface area contributed by atoms with Crippen LogP contribution in [0.2, 0.25) is 0 Å². The number of rotatable bonds is 12. The summed E-state index contributed by atoms with van der Waals surface area (Å²) in [5.74, 6) is -0.556. The zero-order valence-electron chi connectivity index (χ0n) is 21.8. The minimum Gasteiger partial charge on any atom is -0.463 e. The SMILES string of the molecule is CC(=O)OC[C@H](F)C1OC(C)C(OCc2ccccc2)C(OCc2ccccc2)C1OCc1ccccc1. The highest BCUT2D eigenvalue weighted by Crippen LogP contribution is 2.32. The van der Waals surface area contributed by atoms with Crippen LogP contribution in [0.3, 0.4) is 0 Å². The second kappa shape index (κ2) is 14.2. The van der Waals surface area contributed by atoms with Gasteiger partial charge in [-0.05, 0) is 23.6 Å². The highest BCUT2D eigenvalue weighted by Gasteiger charge is 2.49. The third kappa shape index (κ3) is 7.95. The first kappa shape index (κ1) is 27.9. The Morgan fingerprint density at radius 3 is 1.61 bits per heavy atom. The molecule has 0 aromatic heterocycles. The first-order chi connectivity index (χ1) is 18.5. The number of hydrogen-bond acceptors (Lipinski definition) is 6. The van der Waals surface area contributed by atoms with Crippen LogP contribution in [-0.2, 0) is 48.3 Å². The molecule has 0 radical (unpaired) electrons. The van der Waals surface area contributed by atoms with Gasteiger partial charge in [0.05, 0.1) is 25.9 Å². The maximum atomic E-state index is 15.5. The van der Waals surface area contributed by atoms with Gasteiger partial charge in [0.1, 0.15) is 31.0 Å². The number of hydrogen-bond donors (Lipinski definition) is 0. The molecule has 0 aliphatic carbocycles. The maximum absolute atomic E-state index is 15.5. The van der Waals surface area contributed by atoms with E-state index in [0.29, 0.717) is 13.2 Å². The molecule has 6 atom stereocenters. The quantitative estimate of drug-likeness (QED) is 0.296. The molecule has 0 amide bonds. The number of ether oxygens (including phenoxy) is 5. The van der Waals surface area contributed by atoms with E-state index in [2.05, 4.69) is 0 Å². The summed E-state index contributed by atoms with van der Waals surface area (Å²) in [6, 6.07) is 29.2. The van der Waals surface area contributed by atoms with Gasteiger partial charge >= 0.3 is 5.97 Å². The van der Waals surface area contributed by atoms with Crippen molar-refractivity contribution in [3.8, 4) is 0 Å². The molecule has 3 aromatic rings. The molecule has 3 aromatic carbocycles. The van der Waals surface area contributed by atoms with E-state index in [1.54, 1.807) is 0 Å². The van der Waals surface area contributed by atoms with Crippen LogP contribution in [-0.4, -0.2) is 49.3 Å². The van der Waals surface area contributed by atoms with Gasteiger partial charge in [0.2, 0.25) is 0 Å². The lowest BCUT2D eigenvalue weighted by atomic mass is 9.92. The van der Waals surface area contributed by atoms with Crippen LogP contribution in [0.5, 0.6) is 0 Å². The summed E-state index contributed by atoms with van der Waals surface area (Å²) in [4.78, 5) is 11.4. The fourth-order valence-corrected chi connectivity index (χ4v) is 4.54. The van der Waals surface area contributed by atoms with Gasteiger partial charge in [-0.1, -0.05) is 91.0 Å². The van der Waals surface area contributed by atoms with E-state index in [-0.39, 0.29) is 6.61 Å². The molecule has 0 N–H and O–H groups in total. The zero-order valence-corrected chi connectivity index (χ0v) is 21.8. The predicted octanol–water partition coefficient (Wildman–Crippen LogP) is 5.43. The van der Waals surface area contributed by atoms with E-state index in [0.717, 1.165) is 16.7 Å². The van der Waals surface area contributed by atoms with Crippen LogP contribution in [0.1, 0.15) is 30.5 Å². The second-order valence-electron chi connectivity index (χ2n) is 9.41. The van der Waals surface area contributed by atoms with Crippen LogP contribution in [0.15, 0.2) is 91.0 Å². The van der Waals surface area contributed by atoms with Crippen molar-refractivity contribution < 1.29 is 32.9 Å². The van der Waals surface area contributed by atoms with Crippen LogP contribution in [0.25, 0.3) is 0 Å². The van der Waals surface area contributed by atoms with Crippen molar-refractivity contribution in [3.05, 3.63) is 108 Å². The third-order valence-corrected chi connectivity index (χ3v) is 6.46. The molecule has 0 saturated carbocycles. The number of alkyl halides is 1. The van der Waals surface area contributed by atoms with Gasteiger partial charge in [-0.2, -0.15) is 0 Å². The molecule has 1 fully saturated rings. The molecule has 0 bridgehead atoms. The summed E-state index contributed by atoms with van der Waals surface area (Å²) in [5.41, 5.74) is 2.91. The predicted molar refractivity (Wildman–Crippen MR) is 141 cm³/mol. The molecular formula is C31H35FO6. The van der Waals surface area contributed by atoms with Crippen LogP contribution >= 0.6 is 0 Å². The van der Waals surface area contributed by atoms with Crippen molar-refractivity contribution in [1.82, 2.24) is 0 Å². The molecule has 1 heterocycles. The topological polar surface area (TPSA) is 63.2 Å². The zero-order chi connectivity index (χ0) is 26.7. The van der Waals surface area contributed by atoms with Crippen molar-refractivity contribution in [1.29, 1.82) is 0 Å². The summed E-state index contributed by atoms with van der Waals surface area (Å²) in [7, 11) is 0. The third-order valence-electron chi connectivity index (χ3n) is 6.46. The van der Waals surface area contributed by atoms with Gasteiger partial charge in [-0.25, -0.2) is 4.39 Å². The molecule has 6 nitrogen and oxygen atoms in total. The first-order valence-electron chi connectivity index (χ1n) is 12.9. The van der Waals surface area contributed by atoms with Crippen molar-refractivity contribution in [2.24, 2.45) is 0 Å². The summed E-state index contributed by atoms with van der Waals surface area (Å²) in [6.07, 6.45) is -5.13. The number of esters is 1. The summed E-state index contributed by atoms with van der Waals surface area (Å²) < 4.78 is 45.8. The van der Waals surface area contributed by atoms with Gasteiger partial charge in [-0.3, -0.25) is 4.79 Å². The lowest BCUT2D eigenvalue weighted by Gasteiger charge is -2.46. The van der Waals surface area contributed by atoms with Crippen LogP contribution in [0, 0.1) is 0 Å². The first-order valence-corrected chi connectivity index (χ1v) is 12.9. The maximum Gasteiger partial charge on any atom is 0.302 e. The van der Waals surface area contributed by atoms with Crippen molar-refractivity contribution in [2.75, 3.05) is 6.61 Å². The Labute approximate surface area is 223 Å². The number of carbonyl (C=O) groups excluding carboxylic acids is 1. The van der Waals surface area contributed by atoms with Gasteiger partial charge in [0.25, 0.3) is 0 Å². The van der Waals surface area contributed by atoms with E-state index in [9.17, 15) is 4.79 Å². The Kier molecular flexibility index (Phi) is 10.4. The Bertz CT molecular complexity index is 1100. The number of halogens is 1. The van der Waals surface area contributed by atoms with Crippen molar-refractivity contribution in [2.45, 2.75) is 70.4 Å². The van der Waals surface area contributed by atoms with Gasteiger partial charge in [0.15, 0.2) is 6.17 Å². The van der Waals surface area contributed by atoms with Gasteiger partial charge < -0.3 is 23.7 Å². The van der Waals surface area contributed by atoms with Crippen LogP contribution in [0.4, 0.5) is 4.39 Å². The molecule has 0 spiro atoms. The van der Waals surface area contributed by atoms with Gasteiger partial charge in [-0.15, -0.1) is 0 Å². The van der Waals surface area contributed by atoms with E-state index in [1.165, 1.54) is 6.92 Å². The molecule has 1 aliphatic rings. The average molecular weight is 523 g/mol. The minimum atomic E-state index is -1.61. The molecular weight excluding hydrogens is 487 g/mol. The van der Waals surface area contributed by atoms with Gasteiger partial charge in [0, 0.05) is 6.92 Å². The molecule has 7 heteroatoms. The summed E-state index contributed by atoms with van der Waals surface area (Å²) in [5, 5.41) is 0. The number of benzene rings is 3. The average Bonchev–Trinajstić information content (AvgIpc) is 2.95. The van der Waals surface area contributed by atoms with Crippen molar-refractivity contribution >= 4 is 5.97 Å². The molecule has 1 aliphatic heterocycles. The molecule has 202 valence electrons. The van der Waals surface area contributed by atoms with E-state index < -0.39 is 49.3 Å². The highest BCUT2D eigenvalue weighted by molar-refractivity contribution is 5.65. The smallest absolute Gasteiger partial charge is 0.302 e. The molecule has 1 saturated heterocycles. The molecule has 4 rings (SSSR count). The van der Waals surface area contributed by atoms with E-state index in [1.807, 2.05) is 97.9 Å². The second-order valence-corrected chi connectivity index (χ2v) is 9.41. The fraction of sp³-hybridized carbons (Fsp3) is 0.387. The van der Waals surface area contributed by atoms with E-state index >= 15 is 4.39 Å². The minimum absolute atomic E-state index is 0.233. The Morgan fingerprint density at radius 1 is 0.737 bits per heavy atom. The highest BCUT2D eigenvalue weighted by atomic mass is 19.1. The fourth-order valence-electron chi connectivity index (χ4n) is 4.54. The Hall–Kier alpha value is -3.10. The largest absolute Gasteiger partial charge is 0.463 e.